The quantitative estimate of drug-likeness (QED) is 0.506. The molecule has 2 heterocycles. The van der Waals surface area contributed by atoms with Gasteiger partial charge in [0, 0.05) is 6.42 Å². The van der Waals surface area contributed by atoms with Crippen LogP contribution in [0.5, 0.6) is 0 Å². The molecule has 160 valence electrons. The van der Waals surface area contributed by atoms with Crippen LogP contribution in [-0.4, -0.2) is 55.4 Å². The minimum absolute atomic E-state index is 0.0833. The number of hydrogen-bond acceptors (Lipinski definition) is 8. The number of carbonyl (C=O) groups is 2. The number of carbonyl (C=O) groups excluding carboxylic acids is 2. The molecule has 4 atom stereocenters. The molecule has 9 nitrogen and oxygen atoms in total. The first kappa shape index (κ1) is 22.5. The summed E-state index contributed by atoms with van der Waals surface area (Å²) in [5.41, 5.74) is 0.864. The lowest BCUT2D eigenvalue weighted by molar-refractivity contribution is -0.181. The summed E-state index contributed by atoms with van der Waals surface area (Å²) in [6, 6.07) is 5.99. The summed E-state index contributed by atoms with van der Waals surface area (Å²) in [4.78, 5) is 23.5. The number of ether oxygens (including phenoxy) is 3. The monoisotopic (exact) mass is 487 g/mol. The Hall–Kier alpha value is -1.14. The molecule has 3 rings (SSSR count). The van der Waals surface area contributed by atoms with Gasteiger partial charge in [0.05, 0.1) is 17.6 Å². The normalized spacial score (nSPS) is 26.8. The van der Waals surface area contributed by atoms with Gasteiger partial charge in [0.1, 0.15) is 6.10 Å². The number of imide groups is 1. The lowest BCUT2D eigenvalue weighted by Crippen LogP contribution is -2.50. The standard InChI is InChI=1S/C16H16Cl3NO8S/c1-8-2-4-10(5-3-8)29(23,24)28-12-11(6-9-7-25-13(12)26-9)27-15(22)20-14(21)16(17,18)19/h2-5,9,11-13H,6-7H2,1H3,(H,20,21,22)/t9-,11+,12-,13+/m0/s1. The number of aryl methyl sites for hydroxylation is 1. The number of nitrogens with one attached hydrogen (secondary N) is 1. The Morgan fingerprint density at radius 2 is 1.86 bits per heavy atom. The third kappa shape index (κ3) is 5.52. The molecule has 0 aliphatic carbocycles. The van der Waals surface area contributed by atoms with Crippen LogP contribution in [0.25, 0.3) is 0 Å². The molecule has 2 aliphatic rings. The van der Waals surface area contributed by atoms with E-state index >= 15 is 0 Å². The van der Waals surface area contributed by atoms with E-state index < -0.39 is 50.5 Å². The van der Waals surface area contributed by atoms with Crippen LogP contribution in [0.15, 0.2) is 29.2 Å². The van der Waals surface area contributed by atoms with Crippen LogP contribution in [0.3, 0.4) is 0 Å². The molecule has 1 N–H and O–H groups in total. The van der Waals surface area contributed by atoms with Gasteiger partial charge >= 0.3 is 6.09 Å². The summed E-state index contributed by atoms with van der Waals surface area (Å²) in [7, 11) is -4.22. The molecule has 0 unspecified atom stereocenters. The molecule has 2 saturated heterocycles. The molecular formula is C16H16Cl3NO8S. The highest BCUT2D eigenvalue weighted by atomic mass is 35.6. The number of alkyl halides is 3. The molecule has 1 aromatic carbocycles. The van der Waals surface area contributed by atoms with Gasteiger partial charge in [0.2, 0.25) is 0 Å². The molecule has 0 radical (unpaired) electrons. The number of halogens is 3. The average molecular weight is 489 g/mol. The van der Waals surface area contributed by atoms with Crippen molar-refractivity contribution in [2.45, 2.75) is 46.6 Å². The molecule has 2 aliphatic heterocycles. The van der Waals surface area contributed by atoms with Crippen molar-refractivity contribution in [2.24, 2.45) is 0 Å². The highest BCUT2D eigenvalue weighted by molar-refractivity contribution is 7.86. The second-order valence-electron chi connectivity index (χ2n) is 6.42. The number of hydrogen-bond donors (Lipinski definition) is 1. The number of benzene rings is 1. The summed E-state index contributed by atoms with van der Waals surface area (Å²) in [6.07, 6.45) is -5.04. The summed E-state index contributed by atoms with van der Waals surface area (Å²) < 4.78 is 44.2. The van der Waals surface area contributed by atoms with E-state index in [9.17, 15) is 18.0 Å². The topological polar surface area (TPSA) is 117 Å². The molecule has 0 aromatic heterocycles. The Labute approximate surface area is 181 Å². The minimum atomic E-state index is -4.22. The van der Waals surface area contributed by atoms with E-state index in [1.54, 1.807) is 24.4 Å². The second-order valence-corrected chi connectivity index (χ2v) is 10.3. The summed E-state index contributed by atoms with van der Waals surface area (Å²) >= 11 is 16.2. The van der Waals surface area contributed by atoms with E-state index in [-0.39, 0.29) is 17.9 Å². The van der Waals surface area contributed by atoms with E-state index in [1.165, 1.54) is 12.1 Å². The Bertz CT molecular complexity index is 886. The van der Waals surface area contributed by atoms with Gasteiger partial charge < -0.3 is 14.2 Å². The zero-order chi connectivity index (χ0) is 21.4. The zero-order valence-corrected chi connectivity index (χ0v) is 17.9. The van der Waals surface area contributed by atoms with Crippen molar-refractivity contribution in [3.63, 3.8) is 0 Å². The first-order chi connectivity index (χ1) is 13.5. The number of fused-ring (bicyclic) bond motifs is 2. The Morgan fingerprint density at radius 3 is 2.48 bits per heavy atom. The van der Waals surface area contributed by atoms with Gasteiger partial charge in [0.25, 0.3) is 19.8 Å². The summed E-state index contributed by atoms with van der Waals surface area (Å²) in [5, 5.41) is 1.76. The van der Waals surface area contributed by atoms with Crippen molar-refractivity contribution >= 4 is 56.9 Å². The van der Waals surface area contributed by atoms with Crippen molar-refractivity contribution in [2.75, 3.05) is 6.61 Å². The Balaban J connectivity index is 1.75. The molecule has 2 fully saturated rings. The van der Waals surface area contributed by atoms with Gasteiger partial charge in [-0.25, -0.2) is 4.79 Å². The van der Waals surface area contributed by atoms with Crippen LogP contribution in [0.4, 0.5) is 4.79 Å². The third-order valence-corrected chi connectivity index (χ3v) is 6.02. The maximum Gasteiger partial charge on any atom is 0.414 e. The fourth-order valence-electron chi connectivity index (χ4n) is 2.79. The van der Waals surface area contributed by atoms with Crippen LogP contribution in [0.1, 0.15) is 12.0 Å². The SMILES string of the molecule is Cc1ccc(S(=O)(=O)O[C@@H]2[C@@H]3OC[C@H](C[C@H]2OC(=O)NC(=O)C(Cl)(Cl)Cl)O3)cc1. The Morgan fingerprint density at radius 1 is 1.21 bits per heavy atom. The lowest BCUT2D eigenvalue weighted by atomic mass is 10.0. The molecule has 13 heteroatoms. The van der Waals surface area contributed by atoms with Crippen molar-refractivity contribution in [3.05, 3.63) is 29.8 Å². The van der Waals surface area contributed by atoms with Crippen molar-refractivity contribution in [3.8, 4) is 0 Å². The average Bonchev–Trinajstić information content (AvgIpc) is 3.01. The molecule has 2 bridgehead atoms. The van der Waals surface area contributed by atoms with Gasteiger partial charge in [-0.1, -0.05) is 52.5 Å². The number of alkyl carbamates (subject to hydrolysis) is 1. The first-order valence-electron chi connectivity index (χ1n) is 8.31. The maximum absolute atomic E-state index is 12.6. The maximum atomic E-state index is 12.6. The van der Waals surface area contributed by atoms with Gasteiger partial charge in [0.15, 0.2) is 12.4 Å². The van der Waals surface area contributed by atoms with E-state index in [0.29, 0.717) is 0 Å². The smallest absolute Gasteiger partial charge is 0.414 e. The summed E-state index contributed by atoms with van der Waals surface area (Å²) in [6.45, 7) is 1.98. The molecule has 29 heavy (non-hydrogen) atoms. The van der Waals surface area contributed by atoms with Gasteiger partial charge in [-0.2, -0.15) is 8.42 Å². The van der Waals surface area contributed by atoms with Gasteiger partial charge in [-0.15, -0.1) is 0 Å². The van der Waals surface area contributed by atoms with Crippen LogP contribution in [0, 0.1) is 6.92 Å². The highest BCUT2D eigenvalue weighted by Crippen LogP contribution is 2.33. The summed E-state index contributed by atoms with van der Waals surface area (Å²) in [5.74, 6) is -1.22. The van der Waals surface area contributed by atoms with Crippen LogP contribution in [0.2, 0.25) is 0 Å². The largest absolute Gasteiger partial charge is 0.443 e. The fourth-order valence-corrected chi connectivity index (χ4v) is 4.02. The molecule has 1 aromatic rings. The highest BCUT2D eigenvalue weighted by Gasteiger charge is 2.49. The van der Waals surface area contributed by atoms with E-state index in [2.05, 4.69) is 0 Å². The molecule has 0 saturated carbocycles. The Kier molecular flexibility index (Phi) is 6.64. The van der Waals surface area contributed by atoms with E-state index in [0.717, 1.165) is 5.56 Å². The van der Waals surface area contributed by atoms with Crippen molar-refractivity contribution < 1.29 is 36.4 Å². The molecular weight excluding hydrogens is 473 g/mol. The van der Waals surface area contributed by atoms with Crippen LogP contribution < -0.4 is 5.32 Å². The van der Waals surface area contributed by atoms with Gasteiger partial charge in [-0.05, 0) is 19.1 Å². The molecule has 0 spiro atoms. The number of amides is 2. The van der Waals surface area contributed by atoms with Gasteiger partial charge in [-0.3, -0.25) is 14.3 Å². The third-order valence-electron chi connectivity index (χ3n) is 4.18. The van der Waals surface area contributed by atoms with E-state index in [4.69, 9.17) is 53.2 Å². The van der Waals surface area contributed by atoms with Crippen LogP contribution >= 0.6 is 34.8 Å². The molecule has 2 amide bonds. The second kappa shape index (κ2) is 8.54. The fraction of sp³-hybridized carbons (Fsp3) is 0.500. The van der Waals surface area contributed by atoms with Crippen LogP contribution in [-0.2, 0) is 33.3 Å². The lowest BCUT2D eigenvalue weighted by Gasteiger charge is -2.33. The van der Waals surface area contributed by atoms with Crippen molar-refractivity contribution in [1.82, 2.24) is 5.32 Å². The van der Waals surface area contributed by atoms with E-state index in [1.807, 2.05) is 0 Å². The zero-order valence-electron chi connectivity index (χ0n) is 14.8. The number of rotatable bonds is 4. The predicted octanol–water partition coefficient (Wildman–Crippen LogP) is 2.21. The van der Waals surface area contributed by atoms with Crippen molar-refractivity contribution in [1.29, 1.82) is 0 Å². The minimum Gasteiger partial charge on any atom is -0.443 e. The predicted molar refractivity (Wildman–Crippen MR) is 101 cm³/mol. The first-order valence-corrected chi connectivity index (χ1v) is 10.9.